The molecule has 10 nitrogen and oxygen atoms in total. The van der Waals surface area contributed by atoms with Crippen LogP contribution in [-0.4, -0.2) is 80.6 Å². The summed E-state index contributed by atoms with van der Waals surface area (Å²) in [6.07, 6.45) is 9.22. The normalized spacial score (nSPS) is 19.7. The van der Waals surface area contributed by atoms with Gasteiger partial charge < -0.3 is 25.2 Å². The fraction of sp³-hybridized carbons (Fsp3) is 0.500. The molecular formula is C32H42ClN3O7S. The van der Waals surface area contributed by atoms with E-state index in [0.717, 1.165) is 49.7 Å². The number of hydrogen-bond donors (Lipinski definition) is 4. The third-order valence-corrected chi connectivity index (χ3v) is 10.2. The van der Waals surface area contributed by atoms with Crippen molar-refractivity contribution >= 4 is 33.6 Å². The van der Waals surface area contributed by atoms with E-state index in [4.69, 9.17) is 26.6 Å². The molecule has 2 fully saturated rings. The summed E-state index contributed by atoms with van der Waals surface area (Å²) >= 11 is 6.18. The first-order chi connectivity index (χ1) is 21.1. The number of benzene rings is 2. The number of carbonyl (C=O) groups is 2. The van der Waals surface area contributed by atoms with Gasteiger partial charge in [-0.3, -0.25) is 0 Å². The van der Waals surface area contributed by atoms with E-state index in [1.54, 1.807) is 0 Å². The SMILES string of the molecule is O=C(O)C=CC(=O)O.O=S(=O)(CCN1CCCCC1)NCCOc1ccc2c(c1)C(C1(c3ccc(Cl)cc3)CCC1)NCC2. The zero-order valence-electron chi connectivity index (χ0n) is 24.8. The van der Waals surface area contributed by atoms with Crippen LogP contribution in [0.3, 0.4) is 0 Å². The zero-order valence-corrected chi connectivity index (χ0v) is 26.4. The number of ether oxygens (including phenoxy) is 1. The van der Waals surface area contributed by atoms with E-state index in [-0.39, 0.29) is 23.8 Å². The van der Waals surface area contributed by atoms with Crippen molar-refractivity contribution < 1.29 is 33.0 Å². The van der Waals surface area contributed by atoms with Crippen LogP contribution >= 0.6 is 11.6 Å². The van der Waals surface area contributed by atoms with Gasteiger partial charge in [-0.2, -0.15) is 0 Å². The minimum absolute atomic E-state index is 0.0718. The molecule has 0 spiro atoms. The Labute approximate surface area is 264 Å². The number of nitrogens with one attached hydrogen (secondary N) is 2. The molecule has 2 aromatic carbocycles. The van der Waals surface area contributed by atoms with Crippen LogP contribution in [0.15, 0.2) is 54.6 Å². The summed E-state index contributed by atoms with van der Waals surface area (Å²) in [5.74, 6) is -1.58. The molecule has 1 saturated heterocycles. The van der Waals surface area contributed by atoms with Crippen LogP contribution < -0.4 is 14.8 Å². The Balaban J connectivity index is 0.000000488. The fourth-order valence-electron chi connectivity index (χ4n) is 6.21. The molecule has 2 heterocycles. The maximum Gasteiger partial charge on any atom is 0.328 e. The Bertz CT molecular complexity index is 1390. The average molecular weight is 648 g/mol. The van der Waals surface area contributed by atoms with Crippen LogP contribution in [0.25, 0.3) is 0 Å². The van der Waals surface area contributed by atoms with Crippen LogP contribution in [0.5, 0.6) is 5.75 Å². The second-order valence-corrected chi connectivity index (χ2v) is 13.9. The van der Waals surface area contributed by atoms with Gasteiger partial charge in [0.05, 0.1) is 5.75 Å². The molecule has 3 aliphatic rings. The Morgan fingerprint density at radius 3 is 2.32 bits per heavy atom. The largest absolute Gasteiger partial charge is 0.492 e. The Hall–Kier alpha value is -2.96. The van der Waals surface area contributed by atoms with E-state index in [0.29, 0.717) is 25.3 Å². The summed E-state index contributed by atoms with van der Waals surface area (Å²) in [4.78, 5) is 21.4. The van der Waals surface area contributed by atoms with Crippen LogP contribution in [0.4, 0.5) is 0 Å². The molecule has 0 amide bonds. The minimum Gasteiger partial charge on any atom is -0.492 e. The van der Waals surface area contributed by atoms with Gasteiger partial charge >= 0.3 is 11.9 Å². The standard InChI is InChI=1S/C28H38ClN3O3S.C4H4O4/c29-24-8-6-23(7-9-24)28(12-4-13-28)27-26-21-25(10-5-22(26)11-14-30-27)35-19-15-31-36(33,34)20-18-32-16-2-1-3-17-32;5-3(6)1-2-4(7)8/h5-10,21,27,30-31H,1-4,11-20H2;1-2H,(H,5,6)(H,7,8). The molecule has 5 rings (SSSR count). The Morgan fingerprint density at radius 1 is 1.02 bits per heavy atom. The summed E-state index contributed by atoms with van der Waals surface area (Å²) in [6.45, 7) is 4.16. The number of carboxylic acids is 2. The Morgan fingerprint density at radius 2 is 1.70 bits per heavy atom. The van der Waals surface area contributed by atoms with Gasteiger partial charge in [0, 0.05) is 41.7 Å². The second kappa shape index (κ2) is 15.9. The molecule has 4 N–H and O–H groups in total. The number of halogens is 1. The number of sulfonamides is 1. The molecule has 0 bridgehead atoms. The molecule has 2 aliphatic heterocycles. The monoisotopic (exact) mass is 647 g/mol. The van der Waals surface area contributed by atoms with Crippen LogP contribution in [0, 0.1) is 0 Å². The number of carboxylic acid groups (broad SMARTS) is 2. The van der Waals surface area contributed by atoms with Gasteiger partial charge in [0.1, 0.15) is 12.4 Å². The highest BCUT2D eigenvalue weighted by molar-refractivity contribution is 7.89. The molecule has 12 heteroatoms. The van der Waals surface area contributed by atoms with Gasteiger partial charge in [-0.1, -0.05) is 42.6 Å². The molecule has 44 heavy (non-hydrogen) atoms. The maximum absolute atomic E-state index is 12.4. The smallest absolute Gasteiger partial charge is 0.328 e. The van der Waals surface area contributed by atoms with Crippen molar-refractivity contribution in [3.63, 3.8) is 0 Å². The highest BCUT2D eigenvalue weighted by atomic mass is 35.5. The average Bonchev–Trinajstić information content (AvgIpc) is 2.99. The zero-order chi connectivity index (χ0) is 31.6. The van der Waals surface area contributed by atoms with E-state index in [1.165, 1.54) is 42.4 Å². The van der Waals surface area contributed by atoms with E-state index in [9.17, 15) is 18.0 Å². The van der Waals surface area contributed by atoms with E-state index < -0.39 is 22.0 Å². The highest BCUT2D eigenvalue weighted by Gasteiger charge is 2.47. The lowest BCUT2D eigenvalue weighted by Crippen LogP contribution is -2.49. The number of rotatable bonds is 12. The van der Waals surface area contributed by atoms with Gasteiger partial charge in [0.25, 0.3) is 0 Å². The predicted octanol–water partition coefficient (Wildman–Crippen LogP) is 4.14. The highest BCUT2D eigenvalue weighted by Crippen LogP contribution is 2.53. The molecule has 240 valence electrons. The molecular weight excluding hydrogens is 606 g/mol. The molecule has 2 aromatic rings. The molecule has 1 atom stereocenters. The third-order valence-electron chi connectivity index (χ3n) is 8.57. The van der Waals surface area contributed by atoms with Crippen molar-refractivity contribution in [3.8, 4) is 5.75 Å². The molecule has 0 radical (unpaired) electrons. The maximum atomic E-state index is 12.4. The van der Waals surface area contributed by atoms with Gasteiger partial charge in [-0.05, 0) is 92.7 Å². The lowest BCUT2D eigenvalue weighted by atomic mass is 9.58. The number of likely N-dealkylation sites (tertiary alicyclic amines) is 1. The van der Waals surface area contributed by atoms with Gasteiger partial charge in [-0.15, -0.1) is 0 Å². The summed E-state index contributed by atoms with van der Waals surface area (Å²) in [5, 5.41) is 20.2. The predicted molar refractivity (Wildman–Crippen MR) is 170 cm³/mol. The van der Waals surface area contributed by atoms with Crippen molar-refractivity contribution in [2.45, 2.75) is 56.4 Å². The van der Waals surface area contributed by atoms with Gasteiger partial charge in [-0.25, -0.2) is 22.7 Å². The van der Waals surface area contributed by atoms with E-state index >= 15 is 0 Å². The van der Waals surface area contributed by atoms with E-state index in [1.807, 2.05) is 18.2 Å². The van der Waals surface area contributed by atoms with Gasteiger partial charge in [0.2, 0.25) is 10.0 Å². The quantitative estimate of drug-likeness (QED) is 0.197. The van der Waals surface area contributed by atoms with Crippen LogP contribution in [-0.2, 0) is 31.4 Å². The first-order valence-corrected chi connectivity index (χ1v) is 17.2. The lowest BCUT2D eigenvalue weighted by molar-refractivity contribution is -0.134. The third kappa shape index (κ3) is 9.52. The van der Waals surface area contributed by atoms with Crippen LogP contribution in [0.2, 0.25) is 5.02 Å². The second-order valence-electron chi connectivity index (χ2n) is 11.5. The number of aliphatic carboxylic acids is 2. The van der Waals surface area contributed by atoms with Crippen molar-refractivity contribution in [2.24, 2.45) is 0 Å². The minimum atomic E-state index is -3.30. The number of piperidine rings is 1. The first kappa shape index (κ1) is 33.9. The van der Waals surface area contributed by atoms with E-state index in [2.05, 4.69) is 39.2 Å². The summed E-state index contributed by atoms with van der Waals surface area (Å²) in [5.41, 5.74) is 4.08. The van der Waals surface area contributed by atoms with Crippen molar-refractivity contribution in [1.82, 2.24) is 14.9 Å². The molecule has 0 aromatic heterocycles. The first-order valence-electron chi connectivity index (χ1n) is 15.2. The number of fused-ring (bicyclic) bond motifs is 1. The summed E-state index contributed by atoms with van der Waals surface area (Å²) < 4.78 is 33.5. The molecule has 1 saturated carbocycles. The molecule has 1 aliphatic carbocycles. The number of hydrogen-bond acceptors (Lipinski definition) is 7. The van der Waals surface area contributed by atoms with Gasteiger partial charge in [0.15, 0.2) is 0 Å². The van der Waals surface area contributed by atoms with Crippen molar-refractivity contribution in [3.05, 3.63) is 76.3 Å². The van der Waals surface area contributed by atoms with Crippen LogP contribution in [0.1, 0.15) is 61.3 Å². The Kier molecular flexibility index (Phi) is 12.2. The topological polar surface area (TPSA) is 145 Å². The summed E-state index contributed by atoms with van der Waals surface area (Å²) in [7, 11) is -3.30. The summed E-state index contributed by atoms with van der Waals surface area (Å²) in [6, 6.07) is 14.9. The lowest BCUT2D eigenvalue weighted by Gasteiger charge is -2.50. The fourth-order valence-corrected chi connectivity index (χ4v) is 7.37. The number of nitrogens with zero attached hydrogens (tertiary/aromatic N) is 1. The molecule has 1 unspecified atom stereocenters. The van der Waals surface area contributed by atoms with Crippen molar-refractivity contribution in [2.75, 3.05) is 45.1 Å². The van der Waals surface area contributed by atoms with Crippen molar-refractivity contribution in [1.29, 1.82) is 0 Å².